The molecule has 0 aliphatic heterocycles. The Balaban J connectivity index is 2.38. The lowest BCUT2D eigenvalue weighted by Gasteiger charge is -2.32. The molecule has 0 bridgehead atoms. The first-order valence-electron chi connectivity index (χ1n) is 7.89. The molecule has 0 saturated carbocycles. The van der Waals surface area contributed by atoms with E-state index in [4.69, 9.17) is 4.74 Å². The van der Waals surface area contributed by atoms with E-state index in [1.165, 1.54) is 11.4 Å². The lowest BCUT2D eigenvalue weighted by atomic mass is 9.98. The van der Waals surface area contributed by atoms with Crippen LogP contribution in [0.4, 0.5) is 0 Å². The third-order valence-electron chi connectivity index (χ3n) is 3.89. The molecule has 0 radical (unpaired) electrons. The van der Waals surface area contributed by atoms with E-state index < -0.39 is 16.8 Å². The Hall–Kier alpha value is -2.02. The lowest BCUT2D eigenvalue weighted by molar-refractivity contribution is 0.0600. The maximum atomic E-state index is 11.7. The molecule has 1 atom stereocenters. The molecule has 5 nitrogen and oxygen atoms in total. The van der Waals surface area contributed by atoms with Crippen molar-refractivity contribution in [2.75, 3.05) is 7.11 Å². The Bertz CT molecular complexity index is 766. The number of hydrogen-bond acceptors (Lipinski definition) is 3. The average Bonchev–Trinajstić information content (AvgIpc) is 2.58. The summed E-state index contributed by atoms with van der Waals surface area (Å²) in [7, 11) is 1.35. The predicted octanol–water partition coefficient (Wildman–Crippen LogP) is 3.88. The van der Waals surface area contributed by atoms with Crippen molar-refractivity contribution >= 4 is 17.2 Å². The quantitative estimate of drug-likeness (QED) is 0.648. The zero-order valence-electron chi connectivity index (χ0n) is 14.9. The first-order chi connectivity index (χ1) is 11.7. The van der Waals surface area contributed by atoms with E-state index in [0.717, 1.165) is 16.7 Å². The van der Waals surface area contributed by atoms with Gasteiger partial charge in [0.05, 0.1) is 12.7 Å². The molecule has 2 rings (SSSR count). The first-order valence-corrected chi connectivity index (χ1v) is 8.95. The fourth-order valence-corrected chi connectivity index (χ4v) is 3.24. The van der Waals surface area contributed by atoms with Crippen molar-refractivity contribution in [3.05, 3.63) is 59.7 Å². The van der Waals surface area contributed by atoms with E-state index in [2.05, 4.69) is 0 Å². The Morgan fingerprint density at radius 3 is 2.24 bits per heavy atom. The van der Waals surface area contributed by atoms with Gasteiger partial charge in [0.1, 0.15) is 0 Å². The first kappa shape index (κ1) is 19.3. The molecule has 134 valence electrons. The molecule has 0 amide bonds. The summed E-state index contributed by atoms with van der Waals surface area (Å²) >= 11 is -2.08. The summed E-state index contributed by atoms with van der Waals surface area (Å²) < 4.78 is 27.6. The van der Waals surface area contributed by atoms with Gasteiger partial charge in [-0.15, -0.1) is 0 Å². The van der Waals surface area contributed by atoms with Crippen LogP contribution in [0.5, 0.6) is 0 Å². The molecule has 0 heterocycles. The van der Waals surface area contributed by atoms with Gasteiger partial charge in [-0.1, -0.05) is 36.4 Å². The van der Waals surface area contributed by atoms with Crippen molar-refractivity contribution in [3.8, 4) is 11.1 Å². The van der Waals surface area contributed by atoms with Crippen LogP contribution in [0.25, 0.3) is 11.1 Å². The fraction of sp³-hybridized carbons (Fsp3) is 0.316. The molecule has 2 aromatic rings. The Morgan fingerprint density at radius 1 is 1.12 bits per heavy atom. The Kier molecular flexibility index (Phi) is 6.11. The summed E-state index contributed by atoms with van der Waals surface area (Å²) in [5.74, 6) is -0.380. The second-order valence-corrected chi connectivity index (χ2v) is 7.57. The normalized spacial score (nSPS) is 12.9. The van der Waals surface area contributed by atoms with Gasteiger partial charge in [-0.25, -0.2) is 9.00 Å². The van der Waals surface area contributed by atoms with Crippen LogP contribution in [0.2, 0.25) is 0 Å². The van der Waals surface area contributed by atoms with Crippen molar-refractivity contribution in [1.82, 2.24) is 4.31 Å². The van der Waals surface area contributed by atoms with Crippen molar-refractivity contribution in [1.29, 1.82) is 0 Å². The number of hydrogen-bond donors (Lipinski definition) is 1. The molecular weight excluding hydrogens is 338 g/mol. The largest absolute Gasteiger partial charge is 0.465 e. The number of carbonyl (C=O) groups is 1. The molecule has 0 saturated heterocycles. The number of ether oxygens (including phenoxy) is 1. The summed E-state index contributed by atoms with van der Waals surface area (Å²) in [5, 5.41) is 0. The van der Waals surface area contributed by atoms with E-state index >= 15 is 0 Å². The van der Waals surface area contributed by atoms with Crippen LogP contribution < -0.4 is 0 Å². The average molecular weight is 361 g/mol. The highest BCUT2D eigenvalue weighted by atomic mass is 32.2. The molecule has 25 heavy (non-hydrogen) atoms. The second-order valence-electron chi connectivity index (χ2n) is 6.66. The zero-order chi connectivity index (χ0) is 18.6. The smallest absolute Gasteiger partial charge is 0.337 e. The third kappa shape index (κ3) is 4.75. The van der Waals surface area contributed by atoms with Crippen molar-refractivity contribution in [3.63, 3.8) is 0 Å². The minimum atomic E-state index is -2.08. The van der Waals surface area contributed by atoms with Gasteiger partial charge in [-0.3, -0.25) is 4.55 Å². The molecule has 1 N–H and O–H groups in total. The van der Waals surface area contributed by atoms with Gasteiger partial charge in [-0.2, -0.15) is 4.31 Å². The molecule has 0 spiro atoms. The van der Waals surface area contributed by atoms with E-state index in [1.54, 1.807) is 12.1 Å². The predicted molar refractivity (Wildman–Crippen MR) is 99.3 cm³/mol. The van der Waals surface area contributed by atoms with Gasteiger partial charge in [0.2, 0.25) is 11.3 Å². The van der Waals surface area contributed by atoms with Crippen LogP contribution in [-0.4, -0.2) is 31.7 Å². The molecule has 1 unspecified atom stereocenters. The number of nitrogens with zero attached hydrogens (tertiary/aromatic N) is 1. The highest BCUT2D eigenvalue weighted by molar-refractivity contribution is 7.76. The van der Waals surface area contributed by atoms with Gasteiger partial charge in [0.25, 0.3) is 0 Å². The highest BCUT2D eigenvalue weighted by Gasteiger charge is 2.27. The number of rotatable bonds is 5. The highest BCUT2D eigenvalue weighted by Crippen LogP contribution is 2.28. The molecular formula is C19H23NO4S. The third-order valence-corrected chi connectivity index (χ3v) is 4.94. The number of esters is 1. The second kappa shape index (κ2) is 7.91. The maximum Gasteiger partial charge on any atom is 0.337 e. The van der Waals surface area contributed by atoms with Crippen LogP contribution >= 0.6 is 0 Å². The van der Waals surface area contributed by atoms with Gasteiger partial charge < -0.3 is 4.74 Å². The Labute approximate surface area is 151 Å². The van der Waals surface area contributed by atoms with Crippen LogP contribution in [0.15, 0.2) is 48.5 Å². The zero-order valence-corrected chi connectivity index (χ0v) is 15.7. The van der Waals surface area contributed by atoms with Crippen LogP contribution in [0, 0.1) is 0 Å². The molecule has 0 aromatic heterocycles. The molecule has 6 heteroatoms. The van der Waals surface area contributed by atoms with Crippen LogP contribution in [0.3, 0.4) is 0 Å². The summed E-state index contributed by atoms with van der Waals surface area (Å²) in [6, 6.07) is 14.9. The standard InChI is InChI=1S/C19H23NO4S/c1-19(2,3)20(25(22)23)13-16-7-5-6-8-17(16)14-9-11-15(12-10-14)18(21)24-4/h5-12H,13H2,1-4H3,(H,22,23). The van der Waals surface area contributed by atoms with Gasteiger partial charge in [0.15, 0.2) is 0 Å². The maximum absolute atomic E-state index is 11.7. The fourth-order valence-electron chi connectivity index (χ4n) is 2.52. The van der Waals surface area contributed by atoms with Gasteiger partial charge in [0, 0.05) is 12.1 Å². The molecule has 0 aliphatic rings. The number of methoxy groups -OCH3 is 1. The van der Waals surface area contributed by atoms with Gasteiger partial charge in [-0.05, 0) is 49.6 Å². The summed E-state index contributed by atoms with van der Waals surface area (Å²) in [6.45, 7) is 6.03. The van der Waals surface area contributed by atoms with Crippen LogP contribution in [-0.2, 0) is 22.5 Å². The minimum Gasteiger partial charge on any atom is -0.465 e. The summed E-state index contributed by atoms with van der Waals surface area (Å²) in [5.41, 5.74) is 2.85. The molecule has 2 aromatic carbocycles. The van der Waals surface area contributed by atoms with Crippen molar-refractivity contribution < 1.29 is 18.3 Å². The summed E-state index contributed by atoms with van der Waals surface area (Å²) in [4.78, 5) is 11.6. The number of benzene rings is 2. The van der Waals surface area contributed by atoms with E-state index in [0.29, 0.717) is 12.1 Å². The van der Waals surface area contributed by atoms with Crippen LogP contribution in [0.1, 0.15) is 36.7 Å². The van der Waals surface area contributed by atoms with Crippen molar-refractivity contribution in [2.24, 2.45) is 0 Å². The van der Waals surface area contributed by atoms with Crippen molar-refractivity contribution in [2.45, 2.75) is 32.9 Å². The topological polar surface area (TPSA) is 66.8 Å². The Morgan fingerprint density at radius 2 is 1.72 bits per heavy atom. The monoisotopic (exact) mass is 361 g/mol. The minimum absolute atomic E-state index is 0.335. The summed E-state index contributed by atoms with van der Waals surface area (Å²) in [6.07, 6.45) is 0. The lowest BCUT2D eigenvalue weighted by Crippen LogP contribution is -2.41. The SMILES string of the molecule is COC(=O)c1ccc(-c2ccccc2CN(S(=O)O)C(C)(C)C)cc1. The number of carbonyl (C=O) groups excluding carboxylic acids is 1. The van der Waals surface area contributed by atoms with E-state index in [1.807, 2.05) is 57.2 Å². The van der Waals surface area contributed by atoms with E-state index in [-0.39, 0.29) is 5.97 Å². The van der Waals surface area contributed by atoms with Gasteiger partial charge >= 0.3 is 5.97 Å². The molecule has 0 aliphatic carbocycles. The molecule has 0 fully saturated rings. The van der Waals surface area contributed by atoms with E-state index in [9.17, 15) is 13.6 Å².